The summed E-state index contributed by atoms with van der Waals surface area (Å²) >= 11 is 0. The number of amides is 1. The number of piperazine rings is 1. The molecule has 0 radical (unpaired) electrons. The van der Waals surface area contributed by atoms with E-state index in [1.807, 2.05) is 0 Å². The maximum absolute atomic E-state index is 12.8. The Morgan fingerprint density at radius 3 is 2.37 bits per heavy atom. The van der Waals surface area contributed by atoms with Gasteiger partial charge in [-0.2, -0.15) is 13.2 Å². The predicted molar refractivity (Wildman–Crippen MR) is 102 cm³/mol. The van der Waals surface area contributed by atoms with Crippen LogP contribution < -0.4 is 5.73 Å². The van der Waals surface area contributed by atoms with Crippen molar-refractivity contribution in [3.63, 3.8) is 0 Å². The Bertz CT molecular complexity index is 579. The van der Waals surface area contributed by atoms with Crippen LogP contribution in [0.4, 0.5) is 13.2 Å². The largest absolute Gasteiger partial charge is 0.416 e. The lowest BCUT2D eigenvalue weighted by Crippen LogP contribution is -2.49. The van der Waals surface area contributed by atoms with Gasteiger partial charge >= 0.3 is 6.18 Å². The SMILES string of the molecule is COC(CN)CC(=O)N1CCN(Cc2cccc(C(F)(F)F)c2)CC1.Cl.Cl. The highest BCUT2D eigenvalue weighted by Crippen LogP contribution is 2.29. The van der Waals surface area contributed by atoms with Gasteiger partial charge in [0.15, 0.2) is 0 Å². The summed E-state index contributed by atoms with van der Waals surface area (Å²) in [5.74, 6) is -0.00369. The van der Waals surface area contributed by atoms with E-state index < -0.39 is 11.7 Å². The molecule has 0 bridgehead atoms. The summed E-state index contributed by atoms with van der Waals surface area (Å²) in [6, 6.07) is 5.37. The second-order valence-electron chi connectivity index (χ2n) is 6.15. The number of ether oxygens (including phenoxy) is 1. The Hall–Kier alpha value is -1.06. The molecule has 0 aromatic heterocycles. The van der Waals surface area contributed by atoms with E-state index in [0.717, 1.165) is 6.07 Å². The Labute approximate surface area is 169 Å². The Morgan fingerprint density at radius 2 is 1.85 bits per heavy atom. The molecule has 1 fully saturated rings. The van der Waals surface area contributed by atoms with Crippen molar-refractivity contribution in [2.75, 3.05) is 39.8 Å². The van der Waals surface area contributed by atoms with Gasteiger partial charge in [-0.1, -0.05) is 18.2 Å². The molecule has 27 heavy (non-hydrogen) atoms. The highest BCUT2D eigenvalue weighted by atomic mass is 35.5. The molecule has 1 heterocycles. The third-order valence-electron chi connectivity index (χ3n) is 4.38. The van der Waals surface area contributed by atoms with Crippen molar-refractivity contribution in [2.24, 2.45) is 5.73 Å². The summed E-state index contributed by atoms with van der Waals surface area (Å²) in [6.07, 6.45) is -4.36. The first-order chi connectivity index (χ1) is 11.8. The van der Waals surface area contributed by atoms with Gasteiger partial charge in [0.25, 0.3) is 0 Å². The maximum Gasteiger partial charge on any atom is 0.416 e. The van der Waals surface area contributed by atoms with Gasteiger partial charge in [0, 0.05) is 46.4 Å². The summed E-state index contributed by atoms with van der Waals surface area (Å²) in [5.41, 5.74) is 5.52. The molecule has 1 aliphatic heterocycles. The van der Waals surface area contributed by atoms with Crippen LogP contribution in [0.15, 0.2) is 24.3 Å². The average molecular weight is 432 g/mol. The summed E-state index contributed by atoms with van der Waals surface area (Å²) in [6.45, 7) is 3.09. The van der Waals surface area contributed by atoms with Gasteiger partial charge in [0.2, 0.25) is 5.91 Å². The van der Waals surface area contributed by atoms with Crippen LogP contribution in [0.25, 0.3) is 0 Å². The molecule has 1 atom stereocenters. The van der Waals surface area contributed by atoms with E-state index in [4.69, 9.17) is 10.5 Å². The van der Waals surface area contributed by atoms with E-state index in [0.29, 0.717) is 38.3 Å². The highest BCUT2D eigenvalue weighted by Gasteiger charge is 2.30. The third-order valence-corrected chi connectivity index (χ3v) is 4.38. The Balaban J connectivity index is 0.00000338. The molecule has 5 nitrogen and oxygen atoms in total. The van der Waals surface area contributed by atoms with Crippen molar-refractivity contribution >= 4 is 30.7 Å². The first-order valence-electron chi connectivity index (χ1n) is 8.22. The van der Waals surface area contributed by atoms with Gasteiger partial charge in [-0.25, -0.2) is 0 Å². The minimum atomic E-state index is -4.33. The second-order valence-corrected chi connectivity index (χ2v) is 6.15. The number of alkyl halides is 3. The van der Waals surface area contributed by atoms with E-state index in [1.165, 1.54) is 19.2 Å². The molecule has 0 aliphatic carbocycles. The molecule has 1 aromatic carbocycles. The molecule has 156 valence electrons. The average Bonchev–Trinajstić information content (AvgIpc) is 2.59. The van der Waals surface area contributed by atoms with Crippen molar-refractivity contribution in [3.8, 4) is 0 Å². The second kappa shape index (κ2) is 11.7. The van der Waals surface area contributed by atoms with Crippen LogP contribution in [0.5, 0.6) is 0 Å². The molecule has 0 saturated carbocycles. The summed E-state index contributed by atoms with van der Waals surface area (Å²) < 4.78 is 43.4. The lowest BCUT2D eigenvalue weighted by molar-refractivity contribution is -0.138. The number of halogens is 5. The number of hydrogen-bond donors (Lipinski definition) is 1. The fourth-order valence-corrected chi connectivity index (χ4v) is 2.85. The van der Waals surface area contributed by atoms with Crippen LogP contribution in [0.3, 0.4) is 0 Å². The van der Waals surface area contributed by atoms with Crippen LogP contribution in [0, 0.1) is 0 Å². The molecule has 1 aliphatic rings. The van der Waals surface area contributed by atoms with E-state index in [9.17, 15) is 18.0 Å². The fraction of sp³-hybridized carbons (Fsp3) is 0.588. The minimum Gasteiger partial charge on any atom is -0.380 e. The zero-order valence-corrected chi connectivity index (χ0v) is 16.7. The molecular weight excluding hydrogens is 406 g/mol. The van der Waals surface area contributed by atoms with Gasteiger partial charge in [-0.05, 0) is 11.6 Å². The number of rotatable bonds is 6. The topological polar surface area (TPSA) is 58.8 Å². The quantitative estimate of drug-likeness (QED) is 0.751. The van der Waals surface area contributed by atoms with Gasteiger partial charge in [0.05, 0.1) is 18.1 Å². The molecule has 2 rings (SSSR count). The van der Waals surface area contributed by atoms with Crippen molar-refractivity contribution in [1.29, 1.82) is 0 Å². The number of nitrogens with zero attached hydrogens (tertiary/aromatic N) is 2. The molecule has 10 heteroatoms. The normalized spacial score (nSPS) is 16.3. The lowest BCUT2D eigenvalue weighted by Gasteiger charge is -2.35. The molecular formula is C17H26Cl2F3N3O2. The van der Waals surface area contributed by atoms with Crippen molar-refractivity contribution in [1.82, 2.24) is 9.80 Å². The van der Waals surface area contributed by atoms with Crippen LogP contribution in [0.1, 0.15) is 17.5 Å². The number of nitrogens with two attached hydrogens (primary N) is 1. The molecule has 1 saturated heterocycles. The molecule has 1 amide bonds. The van der Waals surface area contributed by atoms with Gasteiger partial charge in [-0.3, -0.25) is 9.69 Å². The van der Waals surface area contributed by atoms with E-state index >= 15 is 0 Å². The summed E-state index contributed by atoms with van der Waals surface area (Å²) in [5, 5.41) is 0. The zero-order valence-electron chi connectivity index (χ0n) is 15.1. The fourth-order valence-electron chi connectivity index (χ4n) is 2.85. The van der Waals surface area contributed by atoms with E-state index in [1.54, 1.807) is 11.0 Å². The molecule has 2 N–H and O–H groups in total. The van der Waals surface area contributed by atoms with Crippen LogP contribution in [-0.4, -0.2) is 61.6 Å². The highest BCUT2D eigenvalue weighted by molar-refractivity contribution is 5.85. The van der Waals surface area contributed by atoms with Crippen LogP contribution in [0.2, 0.25) is 0 Å². The summed E-state index contributed by atoms with van der Waals surface area (Å²) in [4.78, 5) is 16.0. The molecule has 0 spiro atoms. The van der Waals surface area contributed by atoms with E-state index in [-0.39, 0.29) is 49.8 Å². The van der Waals surface area contributed by atoms with Crippen LogP contribution in [-0.2, 0) is 22.3 Å². The number of carbonyl (C=O) groups excluding carboxylic acids is 1. The van der Waals surface area contributed by atoms with Gasteiger partial charge in [0.1, 0.15) is 0 Å². The standard InChI is InChI=1S/C17H24F3N3O2.2ClH/c1-25-15(11-21)10-16(24)23-7-5-22(6-8-23)12-13-3-2-4-14(9-13)17(18,19)20;;/h2-4,9,15H,5-8,10-12,21H2,1H3;2*1H. The first-order valence-corrected chi connectivity index (χ1v) is 8.22. The monoisotopic (exact) mass is 431 g/mol. The van der Waals surface area contributed by atoms with Gasteiger partial charge in [-0.15, -0.1) is 24.8 Å². The number of benzene rings is 1. The van der Waals surface area contributed by atoms with Crippen LogP contribution >= 0.6 is 24.8 Å². The Kier molecular flexibility index (Phi) is 11.2. The van der Waals surface area contributed by atoms with Crippen molar-refractivity contribution in [3.05, 3.63) is 35.4 Å². The summed E-state index contributed by atoms with van der Waals surface area (Å²) in [7, 11) is 1.53. The van der Waals surface area contributed by atoms with Crippen molar-refractivity contribution in [2.45, 2.75) is 25.2 Å². The first kappa shape index (κ1) is 25.9. The molecule has 1 unspecified atom stereocenters. The number of hydrogen-bond acceptors (Lipinski definition) is 4. The minimum absolute atomic E-state index is 0. The molecule has 1 aromatic rings. The third kappa shape index (κ3) is 7.83. The zero-order chi connectivity index (χ0) is 18.4. The number of methoxy groups -OCH3 is 1. The smallest absolute Gasteiger partial charge is 0.380 e. The predicted octanol–water partition coefficient (Wildman–Crippen LogP) is 2.56. The van der Waals surface area contributed by atoms with Crippen molar-refractivity contribution < 1.29 is 22.7 Å². The Morgan fingerprint density at radius 1 is 1.22 bits per heavy atom. The number of carbonyl (C=O) groups is 1. The van der Waals surface area contributed by atoms with E-state index in [2.05, 4.69) is 4.90 Å². The maximum atomic E-state index is 12.8. The van der Waals surface area contributed by atoms with Gasteiger partial charge < -0.3 is 15.4 Å². The lowest BCUT2D eigenvalue weighted by atomic mass is 10.1.